The lowest BCUT2D eigenvalue weighted by molar-refractivity contribution is -0.116. The highest BCUT2D eigenvalue weighted by atomic mass is 35.5. The number of rotatable bonds is 7. The zero-order chi connectivity index (χ0) is 19.1. The van der Waals surface area contributed by atoms with Gasteiger partial charge in [0.1, 0.15) is 11.5 Å². The summed E-state index contributed by atoms with van der Waals surface area (Å²) in [7, 11) is 0. The van der Waals surface area contributed by atoms with E-state index in [9.17, 15) is 4.79 Å². The smallest absolute Gasteiger partial charge is 0.244 e. The van der Waals surface area contributed by atoms with Gasteiger partial charge in [-0.05, 0) is 49.4 Å². The van der Waals surface area contributed by atoms with Crippen LogP contribution in [0.25, 0.3) is 17.4 Å². The second-order valence-electron chi connectivity index (χ2n) is 6.26. The third kappa shape index (κ3) is 6.11. The summed E-state index contributed by atoms with van der Waals surface area (Å²) in [6.45, 7) is 5.13. The number of halogens is 2. The number of morpholine rings is 1. The number of amides is 1. The van der Waals surface area contributed by atoms with Gasteiger partial charge in [0, 0.05) is 36.3 Å². The van der Waals surface area contributed by atoms with Crippen LogP contribution >= 0.6 is 23.2 Å². The molecule has 1 aromatic heterocycles. The van der Waals surface area contributed by atoms with E-state index < -0.39 is 0 Å². The van der Waals surface area contributed by atoms with E-state index >= 15 is 0 Å². The Bertz CT molecular complexity index is 798. The number of furan rings is 1. The van der Waals surface area contributed by atoms with Crippen molar-refractivity contribution >= 4 is 35.2 Å². The van der Waals surface area contributed by atoms with Gasteiger partial charge in [-0.1, -0.05) is 23.2 Å². The predicted molar refractivity (Wildman–Crippen MR) is 108 cm³/mol. The summed E-state index contributed by atoms with van der Waals surface area (Å²) in [5.74, 6) is 1.07. The van der Waals surface area contributed by atoms with Crippen LogP contribution in [-0.2, 0) is 9.53 Å². The fourth-order valence-electron chi connectivity index (χ4n) is 2.83. The average Bonchev–Trinajstić information content (AvgIpc) is 3.13. The Morgan fingerprint density at radius 1 is 1.19 bits per heavy atom. The van der Waals surface area contributed by atoms with Crippen molar-refractivity contribution in [3.8, 4) is 11.3 Å². The Morgan fingerprint density at radius 2 is 2.00 bits per heavy atom. The second kappa shape index (κ2) is 9.95. The monoisotopic (exact) mass is 408 g/mol. The first-order valence-corrected chi connectivity index (χ1v) is 9.69. The van der Waals surface area contributed by atoms with Gasteiger partial charge in [0.2, 0.25) is 5.91 Å². The third-order valence-electron chi connectivity index (χ3n) is 4.28. The highest BCUT2D eigenvalue weighted by Gasteiger charge is 2.10. The Morgan fingerprint density at radius 3 is 2.78 bits per heavy atom. The molecule has 3 rings (SSSR count). The van der Waals surface area contributed by atoms with Crippen molar-refractivity contribution in [3.05, 3.63) is 52.2 Å². The molecule has 0 atom stereocenters. The normalized spacial score (nSPS) is 15.3. The van der Waals surface area contributed by atoms with E-state index in [1.54, 1.807) is 30.3 Å². The summed E-state index contributed by atoms with van der Waals surface area (Å²) < 4.78 is 11.1. The van der Waals surface area contributed by atoms with Gasteiger partial charge in [-0.3, -0.25) is 9.69 Å². The molecule has 1 N–H and O–H groups in total. The first-order chi connectivity index (χ1) is 13.1. The first kappa shape index (κ1) is 20.0. The number of nitrogens with zero attached hydrogens (tertiary/aromatic N) is 1. The summed E-state index contributed by atoms with van der Waals surface area (Å²) in [5.41, 5.74) is 0.758. The average molecular weight is 409 g/mol. The molecule has 0 spiro atoms. The van der Waals surface area contributed by atoms with Crippen molar-refractivity contribution in [2.75, 3.05) is 39.4 Å². The van der Waals surface area contributed by atoms with Crippen LogP contribution in [0.2, 0.25) is 10.0 Å². The molecule has 1 fully saturated rings. The number of ether oxygens (including phenoxy) is 1. The minimum absolute atomic E-state index is 0.139. The highest BCUT2D eigenvalue weighted by Crippen LogP contribution is 2.31. The number of carbonyl (C=O) groups is 1. The molecule has 0 aliphatic carbocycles. The first-order valence-electron chi connectivity index (χ1n) is 8.93. The summed E-state index contributed by atoms with van der Waals surface area (Å²) >= 11 is 12.1. The second-order valence-corrected chi connectivity index (χ2v) is 7.10. The Balaban J connectivity index is 1.45. The summed E-state index contributed by atoms with van der Waals surface area (Å²) in [5, 5.41) is 3.97. The molecular formula is C20H22Cl2N2O3. The van der Waals surface area contributed by atoms with E-state index in [-0.39, 0.29) is 5.91 Å². The topological polar surface area (TPSA) is 54.7 Å². The maximum atomic E-state index is 11.9. The molecule has 0 radical (unpaired) electrons. The van der Waals surface area contributed by atoms with Gasteiger partial charge in [0.25, 0.3) is 0 Å². The van der Waals surface area contributed by atoms with E-state index in [0.29, 0.717) is 28.1 Å². The zero-order valence-electron chi connectivity index (χ0n) is 14.9. The number of benzene rings is 1. The molecule has 144 valence electrons. The fraction of sp³-hybridized carbons (Fsp3) is 0.350. The Hall–Kier alpha value is -1.79. The molecule has 0 unspecified atom stereocenters. The summed E-state index contributed by atoms with van der Waals surface area (Å²) in [6, 6.07) is 8.83. The maximum absolute atomic E-state index is 11.9. The quantitative estimate of drug-likeness (QED) is 0.553. The van der Waals surface area contributed by atoms with Crippen LogP contribution in [0.5, 0.6) is 0 Å². The zero-order valence-corrected chi connectivity index (χ0v) is 16.4. The summed E-state index contributed by atoms with van der Waals surface area (Å²) in [6.07, 6.45) is 4.03. The lowest BCUT2D eigenvalue weighted by Gasteiger charge is -2.26. The van der Waals surface area contributed by atoms with Crippen LogP contribution in [0.1, 0.15) is 12.2 Å². The lowest BCUT2D eigenvalue weighted by atomic mass is 10.2. The molecule has 1 aliphatic rings. The van der Waals surface area contributed by atoms with E-state index in [1.807, 2.05) is 6.07 Å². The predicted octanol–water partition coefficient (Wildman–Crippen LogP) is 4.11. The number of hydrogen-bond donors (Lipinski definition) is 1. The summed E-state index contributed by atoms with van der Waals surface area (Å²) in [4.78, 5) is 14.3. The molecule has 5 nitrogen and oxygen atoms in total. The van der Waals surface area contributed by atoms with Crippen molar-refractivity contribution < 1.29 is 13.9 Å². The standard InChI is InChI=1S/C20H22Cl2N2O3/c21-15-2-5-17(18(22)14-15)19-6-3-16(27-19)4-7-20(25)23-8-1-9-24-10-12-26-13-11-24/h2-7,14H,1,8-13H2,(H,23,25). The molecule has 0 bridgehead atoms. The third-order valence-corrected chi connectivity index (χ3v) is 4.82. The van der Waals surface area contributed by atoms with Crippen molar-refractivity contribution in [2.45, 2.75) is 6.42 Å². The molecule has 2 heterocycles. The molecule has 27 heavy (non-hydrogen) atoms. The van der Waals surface area contributed by atoms with Crippen molar-refractivity contribution in [2.24, 2.45) is 0 Å². The van der Waals surface area contributed by atoms with Crippen molar-refractivity contribution in [1.29, 1.82) is 0 Å². The van der Waals surface area contributed by atoms with E-state index in [4.69, 9.17) is 32.4 Å². The van der Waals surface area contributed by atoms with Crippen LogP contribution < -0.4 is 5.32 Å². The van der Waals surface area contributed by atoms with Crippen LogP contribution in [-0.4, -0.2) is 50.2 Å². The molecule has 1 aliphatic heterocycles. The largest absolute Gasteiger partial charge is 0.457 e. The molecule has 1 saturated heterocycles. The van der Waals surface area contributed by atoms with E-state index in [2.05, 4.69) is 10.2 Å². The fourth-order valence-corrected chi connectivity index (χ4v) is 3.33. The van der Waals surface area contributed by atoms with Crippen LogP contribution in [0.3, 0.4) is 0 Å². The van der Waals surface area contributed by atoms with Gasteiger partial charge in [-0.2, -0.15) is 0 Å². The number of nitrogens with one attached hydrogen (secondary N) is 1. The van der Waals surface area contributed by atoms with Gasteiger partial charge >= 0.3 is 0 Å². The minimum Gasteiger partial charge on any atom is -0.457 e. The molecule has 0 saturated carbocycles. The SMILES string of the molecule is O=C(C=Cc1ccc(-c2ccc(Cl)cc2Cl)o1)NCCCN1CCOCC1. The highest BCUT2D eigenvalue weighted by molar-refractivity contribution is 6.36. The number of hydrogen-bond acceptors (Lipinski definition) is 4. The van der Waals surface area contributed by atoms with Gasteiger partial charge in [-0.25, -0.2) is 0 Å². The Kier molecular flexibility index (Phi) is 7.35. The van der Waals surface area contributed by atoms with E-state index in [1.165, 1.54) is 6.08 Å². The molecule has 7 heteroatoms. The molecular weight excluding hydrogens is 387 g/mol. The van der Waals surface area contributed by atoms with Crippen molar-refractivity contribution in [3.63, 3.8) is 0 Å². The molecule has 1 aromatic carbocycles. The van der Waals surface area contributed by atoms with E-state index in [0.717, 1.165) is 44.8 Å². The van der Waals surface area contributed by atoms with Gasteiger partial charge < -0.3 is 14.5 Å². The van der Waals surface area contributed by atoms with Crippen LogP contribution in [0, 0.1) is 0 Å². The Labute approximate surface area is 168 Å². The van der Waals surface area contributed by atoms with Crippen molar-refractivity contribution in [1.82, 2.24) is 10.2 Å². The van der Waals surface area contributed by atoms with Crippen LogP contribution in [0.15, 0.2) is 40.8 Å². The van der Waals surface area contributed by atoms with Gasteiger partial charge in [0.05, 0.1) is 18.2 Å². The molecule has 1 amide bonds. The minimum atomic E-state index is -0.139. The van der Waals surface area contributed by atoms with Gasteiger partial charge in [-0.15, -0.1) is 0 Å². The maximum Gasteiger partial charge on any atom is 0.244 e. The lowest BCUT2D eigenvalue weighted by Crippen LogP contribution is -2.38. The number of carbonyl (C=O) groups excluding carboxylic acids is 1. The van der Waals surface area contributed by atoms with Gasteiger partial charge in [0.15, 0.2) is 0 Å². The van der Waals surface area contributed by atoms with Crippen LogP contribution in [0.4, 0.5) is 0 Å². The molecule has 2 aromatic rings.